The van der Waals surface area contributed by atoms with Crippen molar-refractivity contribution >= 4 is 38.6 Å². The Bertz CT molecular complexity index is 706. The lowest BCUT2D eigenvalue weighted by molar-refractivity contribution is 0.473. The largest absolute Gasteiger partial charge is 0.506 e. The van der Waals surface area contributed by atoms with Gasteiger partial charge in [-0.1, -0.05) is 23.7 Å². The fraction of sp³-hybridized carbons (Fsp3) is 0. The summed E-state index contributed by atoms with van der Waals surface area (Å²) in [5, 5.41) is 10.5. The number of rotatable bonds is 1. The van der Waals surface area contributed by atoms with Crippen LogP contribution in [-0.4, -0.2) is 15.1 Å². The molecule has 2 aromatic carbocycles. The number of halogens is 2. The van der Waals surface area contributed by atoms with Crippen molar-refractivity contribution in [1.82, 2.24) is 9.97 Å². The minimum Gasteiger partial charge on any atom is -0.506 e. The number of aromatic amines is 1. The fourth-order valence-corrected chi connectivity index (χ4v) is 2.41. The number of aromatic nitrogens is 2. The van der Waals surface area contributed by atoms with Gasteiger partial charge in [-0.25, -0.2) is 4.98 Å². The summed E-state index contributed by atoms with van der Waals surface area (Å²) in [6.45, 7) is 0. The van der Waals surface area contributed by atoms with Gasteiger partial charge in [-0.05, 0) is 40.2 Å². The van der Waals surface area contributed by atoms with Crippen LogP contribution < -0.4 is 0 Å². The van der Waals surface area contributed by atoms with Gasteiger partial charge in [-0.2, -0.15) is 0 Å². The third-order valence-corrected chi connectivity index (χ3v) is 3.66. The number of imidazole rings is 1. The molecule has 0 spiro atoms. The lowest BCUT2D eigenvalue weighted by Gasteiger charge is -2.05. The number of para-hydroxylation sites is 2. The first-order chi connectivity index (χ1) is 8.66. The van der Waals surface area contributed by atoms with Crippen LogP contribution in [0.1, 0.15) is 0 Å². The first-order valence-electron chi connectivity index (χ1n) is 5.29. The number of fused-ring (bicyclic) bond motifs is 1. The van der Waals surface area contributed by atoms with E-state index >= 15 is 0 Å². The number of benzene rings is 2. The molecule has 0 atom stereocenters. The number of phenols is 1. The Labute approximate surface area is 117 Å². The molecule has 1 heterocycles. The van der Waals surface area contributed by atoms with Gasteiger partial charge in [0.25, 0.3) is 0 Å². The van der Waals surface area contributed by atoms with E-state index in [4.69, 9.17) is 11.6 Å². The summed E-state index contributed by atoms with van der Waals surface area (Å²) in [7, 11) is 0. The van der Waals surface area contributed by atoms with Crippen LogP contribution in [0.3, 0.4) is 0 Å². The molecule has 0 aliphatic heterocycles. The van der Waals surface area contributed by atoms with Crippen molar-refractivity contribution in [1.29, 1.82) is 0 Å². The molecule has 3 aromatic rings. The SMILES string of the molecule is Oc1c(Br)ccc(Cl)c1-c1nc2ccccc2[nH]1. The van der Waals surface area contributed by atoms with Gasteiger partial charge in [0, 0.05) is 0 Å². The number of hydrogen-bond donors (Lipinski definition) is 2. The fourth-order valence-electron chi connectivity index (χ4n) is 1.84. The Balaban J connectivity index is 2.29. The van der Waals surface area contributed by atoms with E-state index in [9.17, 15) is 5.11 Å². The normalized spacial score (nSPS) is 11.0. The van der Waals surface area contributed by atoms with Crippen molar-refractivity contribution in [2.75, 3.05) is 0 Å². The smallest absolute Gasteiger partial charge is 0.143 e. The van der Waals surface area contributed by atoms with E-state index in [1.165, 1.54) is 0 Å². The van der Waals surface area contributed by atoms with Crippen LogP contribution >= 0.6 is 27.5 Å². The molecule has 3 rings (SSSR count). The molecule has 90 valence electrons. The second kappa shape index (κ2) is 4.30. The highest BCUT2D eigenvalue weighted by molar-refractivity contribution is 9.10. The van der Waals surface area contributed by atoms with E-state index in [1.807, 2.05) is 24.3 Å². The standard InChI is InChI=1S/C13H8BrClN2O/c14-7-5-6-8(15)11(12(7)18)13-16-9-3-1-2-4-10(9)17-13/h1-6,18H,(H,16,17). The Morgan fingerprint density at radius 3 is 2.72 bits per heavy atom. The molecular weight excluding hydrogens is 316 g/mol. The minimum absolute atomic E-state index is 0.0848. The van der Waals surface area contributed by atoms with Gasteiger partial charge in [0.05, 0.1) is 26.1 Å². The van der Waals surface area contributed by atoms with Gasteiger partial charge in [-0.15, -0.1) is 0 Å². The number of H-pyrrole nitrogens is 1. The quantitative estimate of drug-likeness (QED) is 0.699. The van der Waals surface area contributed by atoms with Gasteiger partial charge in [-0.3, -0.25) is 0 Å². The summed E-state index contributed by atoms with van der Waals surface area (Å²) in [5.74, 6) is 0.640. The maximum atomic E-state index is 10.1. The van der Waals surface area contributed by atoms with Gasteiger partial charge in [0.1, 0.15) is 11.6 Å². The van der Waals surface area contributed by atoms with Crippen molar-refractivity contribution < 1.29 is 5.11 Å². The number of phenolic OH excluding ortho intramolecular Hbond substituents is 1. The Morgan fingerprint density at radius 1 is 1.17 bits per heavy atom. The summed E-state index contributed by atoms with van der Waals surface area (Å²) < 4.78 is 0.586. The molecule has 0 saturated heterocycles. The number of hydrogen-bond acceptors (Lipinski definition) is 2. The highest BCUT2D eigenvalue weighted by Gasteiger charge is 2.15. The summed E-state index contributed by atoms with van der Waals surface area (Å²) >= 11 is 9.39. The number of aromatic hydroxyl groups is 1. The first-order valence-corrected chi connectivity index (χ1v) is 6.46. The molecule has 1 aromatic heterocycles. The number of nitrogens with zero attached hydrogens (tertiary/aromatic N) is 1. The van der Waals surface area contributed by atoms with Gasteiger partial charge >= 0.3 is 0 Å². The maximum absolute atomic E-state index is 10.1. The average molecular weight is 324 g/mol. The Morgan fingerprint density at radius 2 is 1.94 bits per heavy atom. The van der Waals surface area contributed by atoms with Crippen LogP contribution in [0, 0.1) is 0 Å². The summed E-state index contributed by atoms with van der Waals surface area (Å²) in [5.41, 5.74) is 2.24. The molecule has 2 N–H and O–H groups in total. The van der Waals surface area contributed by atoms with E-state index in [-0.39, 0.29) is 5.75 Å². The van der Waals surface area contributed by atoms with Crippen LogP contribution in [0.15, 0.2) is 40.9 Å². The maximum Gasteiger partial charge on any atom is 0.143 e. The lowest BCUT2D eigenvalue weighted by atomic mass is 10.2. The van der Waals surface area contributed by atoms with Crippen LogP contribution in [-0.2, 0) is 0 Å². The van der Waals surface area contributed by atoms with E-state index in [1.54, 1.807) is 12.1 Å². The first kappa shape index (κ1) is 11.6. The van der Waals surface area contributed by atoms with Crippen molar-refractivity contribution in [3.63, 3.8) is 0 Å². The lowest BCUT2D eigenvalue weighted by Crippen LogP contribution is -1.84. The highest BCUT2D eigenvalue weighted by Crippen LogP contribution is 2.39. The van der Waals surface area contributed by atoms with Crippen LogP contribution in [0.25, 0.3) is 22.4 Å². The van der Waals surface area contributed by atoms with E-state index in [0.717, 1.165) is 11.0 Å². The topological polar surface area (TPSA) is 48.9 Å². The van der Waals surface area contributed by atoms with Crippen LogP contribution in [0.4, 0.5) is 0 Å². The predicted molar refractivity (Wildman–Crippen MR) is 75.9 cm³/mol. The minimum atomic E-state index is 0.0848. The summed E-state index contributed by atoms with van der Waals surface area (Å²) in [6.07, 6.45) is 0. The monoisotopic (exact) mass is 322 g/mol. The zero-order chi connectivity index (χ0) is 12.7. The molecule has 0 aliphatic carbocycles. The zero-order valence-corrected chi connectivity index (χ0v) is 11.5. The third kappa shape index (κ3) is 1.78. The molecule has 5 heteroatoms. The Kier molecular flexibility index (Phi) is 2.76. The molecule has 0 fully saturated rings. The van der Waals surface area contributed by atoms with Crippen molar-refractivity contribution in [2.24, 2.45) is 0 Å². The van der Waals surface area contributed by atoms with E-state index in [0.29, 0.717) is 20.9 Å². The molecule has 3 nitrogen and oxygen atoms in total. The molecule has 0 amide bonds. The third-order valence-electron chi connectivity index (χ3n) is 2.70. The van der Waals surface area contributed by atoms with Gasteiger partial charge in [0.15, 0.2) is 0 Å². The Hall–Kier alpha value is -1.52. The second-order valence-electron chi connectivity index (χ2n) is 3.86. The van der Waals surface area contributed by atoms with Crippen molar-refractivity contribution in [2.45, 2.75) is 0 Å². The molecule has 0 unspecified atom stereocenters. The van der Waals surface area contributed by atoms with Crippen LogP contribution in [0.2, 0.25) is 5.02 Å². The van der Waals surface area contributed by atoms with E-state index < -0.39 is 0 Å². The average Bonchev–Trinajstić information content (AvgIpc) is 2.77. The summed E-state index contributed by atoms with van der Waals surface area (Å²) in [6, 6.07) is 11.1. The van der Waals surface area contributed by atoms with Crippen molar-refractivity contribution in [3.8, 4) is 17.1 Å². The zero-order valence-electron chi connectivity index (χ0n) is 9.11. The van der Waals surface area contributed by atoms with Gasteiger partial charge < -0.3 is 10.1 Å². The van der Waals surface area contributed by atoms with Gasteiger partial charge in [0.2, 0.25) is 0 Å². The molecular formula is C13H8BrClN2O. The van der Waals surface area contributed by atoms with Crippen LogP contribution in [0.5, 0.6) is 5.75 Å². The molecule has 0 aliphatic rings. The number of nitrogens with one attached hydrogen (secondary N) is 1. The molecule has 0 saturated carbocycles. The predicted octanol–water partition coefficient (Wildman–Crippen LogP) is 4.35. The highest BCUT2D eigenvalue weighted by atomic mass is 79.9. The molecule has 0 radical (unpaired) electrons. The van der Waals surface area contributed by atoms with Crippen molar-refractivity contribution in [3.05, 3.63) is 45.9 Å². The molecule has 0 bridgehead atoms. The summed E-state index contributed by atoms with van der Waals surface area (Å²) in [4.78, 5) is 7.57. The second-order valence-corrected chi connectivity index (χ2v) is 5.12. The van der Waals surface area contributed by atoms with E-state index in [2.05, 4.69) is 25.9 Å². The molecule has 18 heavy (non-hydrogen) atoms.